The van der Waals surface area contributed by atoms with Crippen molar-refractivity contribution < 1.29 is 31.1 Å². The van der Waals surface area contributed by atoms with E-state index >= 15 is 0 Å². The largest absolute Gasteiger partial charge is 0.418 e. The number of hydrogen-bond donors (Lipinski definition) is 0. The number of anilines is 1. The third-order valence-corrected chi connectivity index (χ3v) is 3.74. The van der Waals surface area contributed by atoms with Crippen LogP contribution in [-0.2, 0) is 11.0 Å². The first-order chi connectivity index (χ1) is 11.3. The number of halogens is 6. The number of nitrogens with zero attached hydrogens (tertiary/aromatic N) is 2. The lowest BCUT2D eigenvalue weighted by atomic mass is 9.97. The molecule has 1 unspecified atom stereocenters. The maximum atomic E-state index is 13.3. The van der Waals surface area contributed by atoms with Crippen LogP contribution in [0, 0.1) is 18.3 Å². The molecule has 0 spiro atoms. The molecule has 3 nitrogen and oxygen atoms in total. The lowest BCUT2D eigenvalue weighted by molar-refractivity contribution is -0.141. The third kappa shape index (κ3) is 4.87. The number of rotatable bonds is 4. The van der Waals surface area contributed by atoms with Crippen molar-refractivity contribution >= 4 is 11.6 Å². The number of amides is 1. The summed E-state index contributed by atoms with van der Waals surface area (Å²) in [4.78, 5) is 12.6. The smallest absolute Gasteiger partial charge is 0.309 e. The number of hydrogen-bond acceptors (Lipinski definition) is 2. The van der Waals surface area contributed by atoms with Gasteiger partial charge in [-0.2, -0.15) is 31.6 Å². The molecule has 25 heavy (non-hydrogen) atoms. The minimum atomic E-state index is -4.88. The lowest BCUT2D eigenvalue weighted by Gasteiger charge is -2.33. The van der Waals surface area contributed by atoms with Gasteiger partial charge in [-0.25, -0.2) is 0 Å². The minimum absolute atomic E-state index is 0.0973. The quantitative estimate of drug-likeness (QED) is 0.706. The minimum Gasteiger partial charge on any atom is -0.309 e. The predicted molar refractivity (Wildman–Crippen MR) is 78.8 cm³/mol. The van der Waals surface area contributed by atoms with Crippen molar-refractivity contribution in [1.29, 1.82) is 5.26 Å². The topological polar surface area (TPSA) is 44.1 Å². The van der Waals surface area contributed by atoms with Gasteiger partial charge < -0.3 is 4.90 Å². The van der Waals surface area contributed by atoms with E-state index in [1.54, 1.807) is 0 Å². The zero-order valence-electron chi connectivity index (χ0n) is 13.7. The third-order valence-electron chi connectivity index (χ3n) is 3.74. The highest BCUT2D eigenvalue weighted by molar-refractivity contribution is 5.93. The lowest BCUT2D eigenvalue weighted by Crippen LogP contribution is -2.42. The van der Waals surface area contributed by atoms with Crippen molar-refractivity contribution in [3.63, 3.8) is 0 Å². The fourth-order valence-corrected chi connectivity index (χ4v) is 2.73. The van der Waals surface area contributed by atoms with E-state index in [-0.39, 0.29) is 12.1 Å². The molecule has 0 saturated carbocycles. The SMILES string of the molecule is CCC(CC(F)(F)F)N(C(C)=O)c1ccc(C#N)c(C(F)(F)F)c1C. The molecule has 0 aliphatic rings. The summed E-state index contributed by atoms with van der Waals surface area (Å²) in [5.74, 6) is -0.808. The van der Waals surface area contributed by atoms with Gasteiger partial charge >= 0.3 is 12.4 Å². The molecule has 9 heteroatoms. The molecule has 1 rings (SSSR count). The van der Waals surface area contributed by atoms with Crippen molar-refractivity contribution in [1.82, 2.24) is 0 Å². The van der Waals surface area contributed by atoms with Crippen molar-refractivity contribution in [2.24, 2.45) is 0 Å². The van der Waals surface area contributed by atoms with Crippen molar-refractivity contribution in [3.05, 3.63) is 28.8 Å². The van der Waals surface area contributed by atoms with Crippen LogP contribution in [0.3, 0.4) is 0 Å². The molecule has 0 radical (unpaired) electrons. The van der Waals surface area contributed by atoms with Crippen LogP contribution in [0.15, 0.2) is 12.1 Å². The van der Waals surface area contributed by atoms with Gasteiger partial charge in [-0.3, -0.25) is 4.79 Å². The van der Waals surface area contributed by atoms with Gasteiger partial charge in [0.1, 0.15) is 0 Å². The molecule has 0 saturated heterocycles. The average molecular weight is 366 g/mol. The maximum absolute atomic E-state index is 13.3. The molecule has 0 fully saturated rings. The summed E-state index contributed by atoms with van der Waals surface area (Å²) in [6.07, 6.45) is -10.9. The second-order valence-corrected chi connectivity index (χ2v) is 5.51. The first-order valence-corrected chi connectivity index (χ1v) is 7.30. The predicted octanol–water partition coefficient (Wildman–Crippen LogP) is 4.97. The van der Waals surface area contributed by atoms with Crippen LogP contribution >= 0.6 is 0 Å². The molecule has 0 aromatic heterocycles. The zero-order valence-corrected chi connectivity index (χ0v) is 13.7. The monoisotopic (exact) mass is 366 g/mol. The molecular weight excluding hydrogens is 350 g/mol. The highest BCUT2D eigenvalue weighted by Gasteiger charge is 2.39. The van der Waals surface area contributed by atoms with Crippen LogP contribution in [0.1, 0.15) is 43.4 Å². The normalized spacial score (nSPS) is 13.3. The first-order valence-electron chi connectivity index (χ1n) is 7.30. The van der Waals surface area contributed by atoms with Crippen molar-refractivity contribution in [3.8, 4) is 6.07 Å². The molecule has 0 aliphatic heterocycles. The summed E-state index contributed by atoms with van der Waals surface area (Å²) in [5.41, 5.74) is -2.64. The first kappa shape index (κ1) is 20.8. The van der Waals surface area contributed by atoms with E-state index in [1.165, 1.54) is 13.0 Å². The van der Waals surface area contributed by atoms with E-state index in [0.29, 0.717) is 0 Å². The molecule has 1 aromatic rings. The van der Waals surface area contributed by atoms with Crippen molar-refractivity contribution in [2.75, 3.05) is 4.90 Å². The Hall–Kier alpha value is -2.24. The van der Waals surface area contributed by atoms with Crippen LogP contribution < -0.4 is 4.90 Å². The second kappa shape index (κ2) is 7.33. The Morgan fingerprint density at radius 3 is 2.16 bits per heavy atom. The van der Waals surface area contributed by atoms with E-state index in [0.717, 1.165) is 30.9 Å². The van der Waals surface area contributed by atoms with Crippen LogP contribution in [0.4, 0.5) is 32.0 Å². The molecule has 1 amide bonds. The van der Waals surface area contributed by atoms with Crippen LogP contribution in [0.2, 0.25) is 0 Å². The van der Waals surface area contributed by atoms with Gasteiger partial charge in [0.25, 0.3) is 0 Å². The van der Waals surface area contributed by atoms with Crippen LogP contribution in [0.25, 0.3) is 0 Å². The highest BCUT2D eigenvalue weighted by Crippen LogP contribution is 2.39. The maximum Gasteiger partial charge on any atom is 0.418 e. The van der Waals surface area contributed by atoms with Gasteiger partial charge in [0, 0.05) is 18.7 Å². The molecule has 0 N–H and O–H groups in total. The fraction of sp³-hybridized carbons (Fsp3) is 0.500. The second-order valence-electron chi connectivity index (χ2n) is 5.51. The number of carbonyl (C=O) groups excluding carboxylic acids is 1. The molecule has 1 atom stereocenters. The summed E-state index contributed by atoms with van der Waals surface area (Å²) in [5, 5.41) is 8.87. The number of benzene rings is 1. The van der Waals surface area contributed by atoms with E-state index in [1.807, 2.05) is 0 Å². The Balaban J connectivity index is 3.58. The Bertz CT molecular complexity index is 688. The van der Waals surface area contributed by atoms with Gasteiger partial charge in [-0.1, -0.05) is 6.92 Å². The van der Waals surface area contributed by atoms with Gasteiger partial charge in [0.2, 0.25) is 5.91 Å². The van der Waals surface area contributed by atoms with Gasteiger partial charge in [0.05, 0.1) is 23.6 Å². The molecule has 0 aliphatic carbocycles. The van der Waals surface area contributed by atoms with Gasteiger partial charge in [-0.15, -0.1) is 0 Å². The van der Waals surface area contributed by atoms with Gasteiger partial charge in [0.15, 0.2) is 0 Å². The summed E-state index contributed by atoms with van der Waals surface area (Å²) in [6.45, 7) is 3.44. The number of alkyl halides is 6. The van der Waals surface area contributed by atoms with Crippen LogP contribution in [-0.4, -0.2) is 18.1 Å². The van der Waals surface area contributed by atoms with E-state index in [2.05, 4.69) is 0 Å². The highest BCUT2D eigenvalue weighted by atomic mass is 19.4. The fourth-order valence-electron chi connectivity index (χ4n) is 2.73. The number of carbonyl (C=O) groups is 1. The van der Waals surface area contributed by atoms with Crippen LogP contribution in [0.5, 0.6) is 0 Å². The summed E-state index contributed by atoms with van der Waals surface area (Å²) in [6, 6.07) is 2.01. The Morgan fingerprint density at radius 1 is 1.24 bits per heavy atom. The Kier molecular flexibility index (Phi) is 6.10. The van der Waals surface area contributed by atoms with E-state index in [4.69, 9.17) is 5.26 Å². The standard InChI is InChI=1S/C16H16F6N2O/c1-4-12(7-15(17,18)19)24(10(3)25)13-6-5-11(8-23)14(9(13)2)16(20,21)22/h5-6,12H,4,7H2,1-3H3. The average Bonchev–Trinajstić information content (AvgIpc) is 2.44. The Morgan fingerprint density at radius 2 is 1.80 bits per heavy atom. The zero-order chi connectivity index (χ0) is 19.6. The van der Waals surface area contributed by atoms with E-state index < -0.39 is 47.4 Å². The molecule has 138 valence electrons. The Labute approximate surface area is 140 Å². The van der Waals surface area contributed by atoms with Gasteiger partial charge in [-0.05, 0) is 31.0 Å². The molecule has 0 bridgehead atoms. The summed E-state index contributed by atoms with van der Waals surface area (Å²) >= 11 is 0. The number of nitriles is 1. The van der Waals surface area contributed by atoms with Crippen molar-refractivity contribution in [2.45, 2.75) is 52.0 Å². The summed E-state index contributed by atoms with van der Waals surface area (Å²) < 4.78 is 78.1. The molecule has 0 heterocycles. The summed E-state index contributed by atoms with van der Waals surface area (Å²) in [7, 11) is 0. The molecular formula is C16H16F6N2O. The van der Waals surface area contributed by atoms with E-state index in [9.17, 15) is 31.1 Å². The molecule has 1 aromatic carbocycles.